The van der Waals surface area contributed by atoms with Crippen molar-refractivity contribution < 1.29 is 18.8 Å². The van der Waals surface area contributed by atoms with Crippen LogP contribution >= 0.6 is 0 Å². The van der Waals surface area contributed by atoms with E-state index in [1.807, 2.05) is 46.9 Å². The molecule has 1 aliphatic rings. The average Bonchev–Trinajstić information content (AvgIpc) is 3.26. The lowest BCUT2D eigenvalue weighted by Crippen LogP contribution is -2.41. The summed E-state index contributed by atoms with van der Waals surface area (Å²) in [5.74, 6) is 0.724. The smallest absolute Gasteiger partial charge is 0.444 e. The van der Waals surface area contributed by atoms with Crippen LogP contribution in [-0.2, 0) is 14.0 Å². The van der Waals surface area contributed by atoms with Crippen molar-refractivity contribution in [3.63, 3.8) is 0 Å². The van der Waals surface area contributed by atoms with E-state index in [2.05, 4.69) is 56.7 Å². The van der Waals surface area contributed by atoms with E-state index in [4.69, 9.17) is 14.0 Å². The van der Waals surface area contributed by atoms with Crippen LogP contribution < -0.4 is 5.46 Å². The Kier molecular flexibility index (Phi) is 7.26. The van der Waals surface area contributed by atoms with Gasteiger partial charge in [0.2, 0.25) is 0 Å². The van der Waals surface area contributed by atoms with Gasteiger partial charge in [0.05, 0.1) is 29.1 Å². The summed E-state index contributed by atoms with van der Waals surface area (Å²) < 4.78 is 18.1. The van der Waals surface area contributed by atoms with Crippen LogP contribution in [0.1, 0.15) is 86.2 Å². The normalized spacial score (nSPS) is 18.1. The Bertz CT molecular complexity index is 1010. The van der Waals surface area contributed by atoms with Crippen LogP contribution in [0.3, 0.4) is 0 Å². The van der Waals surface area contributed by atoms with Crippen molar-refractivity contribution in [1.29, 1.82) is 0 Å². The van der Waals surface area contributed by atoms with Gasteiger partial charge in [-0.25, -0.2) is 9.78 Å². The van der Waals surface area contributed by atoms with Gasteiger partial charge in [-0.1, -0.05) is 30.7 Å². The molecule has 7 nitrogen and oxygen atoms in total. The van der Waals surface area contributed by atoms with Gasteiger partial charge in [0.25, 0.3) is 0 Å². The molecule has 186 valence electrons. The van der Waals surface area contributed by atoms with Gasteiger partial charge < -0.3 is 19.0 Å². The van der Waals surface area contributed by atoms with E-state index >= 15 is 0 Å². The van der Waals surface area contributed by atoms with Crippen LogP contribution in [0.25, 0.3) is 11.3 Å². The summed E-state index contributed by atoms with van der Waals surface area (Å²) in [4.78, 5) is 22.5. The summed E-state index contributed by atoms with van der Waals surface area (Å²) in [6.45, 7) is 20.5. The van der Waals surface area contributed by atoms with Crippen LogP contribution in [0, 0.1) is 6.92 Å². The van der Waals surface area contributed by atoms with E-state index < -0.39 is 12.7 Å². The number of hydrogen-bond donors (Lipinski definition) is 1. The van der Waals surface area contributed by atoms with Gasteiger partial charge in [-0.15, -0.1) is 0 Å². The van der Waals surface area contributed by atoms with Crippen LogP contribution in [-0.4, -0.2) is 51.4 Å². The average molecular weight is 469 g/mol. The molecule has 34 heavy (non-hydrogen) atoms. The predicted molar refractivity (Wildman–Crippen MR) is 136 cm³/mol. The second-order valence-corrected chi connectivity index (χ2v) is 11.2. The molecular weight excluding hydrogens is 429 g/mol. The zero-order valence-corrected chi connectivity index (χ0v) is 22.4. The van der Waals surface area contributed by atoms with Crippen LogP contribution in [0.4, 0.5) is 4.79 Å². The van der Waals surface area contributed by atoms with Gasteiger partial charge in [-0.3, -0.25) is 4.90 Å². The highest BCUT2D eigenvalue weighted by Gasteiger charge is 2.52. The highest BCUT2D eigenvalue weighted by molar-refractivity contribution is 6.62. The Labute approximate surface area is 204 Å². The summed E-state index contributed by atoms with van der Waals surface area (Å²) in [6.07, 6.45) is 2.31. The molecule has 1 fully saturated rings. The molecule has 2 heterocycles. The molecule has 0 radical (unpaired) electrons. The van der Waals surface area contributed by atoms with Gasteiger partial charge >= 0.3 is 13.2 Å². The van der Waals surface area contributed by atoms with Gasteiger partial charge in [0.15, 0.2) is 0 Å². The largest absolute Gasteiger partial charge is 0.495 e. The zero-order valence-electron chi connectivity index (χ0n) is 22.4. The monoisotopic (exact) mass is 469 g/mol. The molecule has 1 atom stereocenters. The molecule has 3 rings (SSSR count). The first kappa shape index (κ1) is 26.3. The second kappa shape index (κ2) is 9.38. The van der Waals surface area contributed by atoms with Crippen molar-refractivity contribution in [1.82, 2.24) is 14.9 Å². The number of H-pyrrole nitrogens is 1. The number of nitrogens with one attached hydrogen (secondary N) is 1. The molecule has 0 bridgehead atoms. The van der Waals surface area contributed by atoms with E-state index in [1.165, 1.54) is 0 Å². The van der Waals surface area contributed by atoms with E-state index in [0.717, 1.165) is 34.5 Å². The summed E-state index contributed by atoms with van der Waals surface area (Å²) in [5, 5.41) is 0. The Balaban J connectivity index is 1.80. The summed E-state index contributed by atoms with van der Waals surface area (Å²) in [7, 11) is -0.396. The molecule has 0 unspecified atom stereocenters. The second-order valence-electron chi connectivity index (χ2n) is 11.2. The number of nitrogens with zero attached hydrogens (tertiary/aromatic N) is 2. The number of carbonyl (C=O) groups is 1. The molecule has 1 N–H and O–H groups in total. The molecule has 1 amide bonds. The number of aromatic amines is 1. The third-order valence-corrected chi connectivity index (χ3v) is 6.64. The molecule has 8 heteroatoms. The first-order valence-electron chi connectivity index (χ1n) is 12.2. The Morgan fingerprint density at radius 3 is 2.35 bits per heavy atom. The van der Waals surface area contributed by atoms with Crippen LogP contribution in [0.5, 0.6) is 0 Å². The van der Waals surface area contributed by atoms with Crippen molar-refractivity contribution in [2.75, 3.05) is 6.54 Å². The number of aromatic nitrogens is 2. The Hall–Kier alpha value is -2.32. The van der Waals surface area contributed by atoms with Crippen molar-refractivity contribution in [3.8, 4) is 11.3 Å². The van der Waals surface area contributed by atoms with Gasteiger partial charge in [-0.2, -0.15) is 0 Å². The molecule has 0 spiro atoms. The molecule has 0 aliphatic carbocycles. The van der Waals surface area contributed by atoms with E-state index in [0.29, 0.717) is 6.54 Å². The Morgan fingerprint density at radius 1 is 1.21 bits per heavy atom. The van der Waals surface area contributed by atoms with Crippen molar-refractivity contribution in [2.45, 2.75) is 98.5 Å². The summed E-state index contributed by atoms with van der Waals surface area (Å²) in [6, 6.07) is 5.97. The molecule has 2 aromatic rings. The summed E-state index contributed by atoms with van der Waals surface area (Å²) in [5.41, 5.74) is 2.71. The molecule has 1 aromatic heterocycles. The number of hydrogen-bond acceptors (Lipinski definition) is 5. The molecule has 1 aliphatic heterocycles. The fraction of sp³-hybridized carbons (Fsp3) is 0.615. The van der Waals surface area contributed by atoms with Gasteiger partial charge in [-0.05, 0) is 79.8 Å². The lowest BCUT2D eigenvalue weighted by atomic mass is 9.75. The van der Waals surface area contributed by atoms with Gasteiger partial charge in [0.1, 0.15) is 11.4 Å². The highest BCUT2D eigenvalue weighted by atomic mass is 16.7. The van der Waals surface area contributed by atoms with Crippen molar-refractivity contribution in [2.24, 2.45) is 0 Å². The zero-order chi connectivity index (χ0) is 25.5. The third kappa shape index (κ3) is 5.49. The number of ether oxygens (including phenoxy) is 1. The minimum atomic E-state index is -0.548. The minimum absolute atomic E-state index is 0.242. The number of benzene rings is 1. The number of amides is 1. The standard InChI is InChI=1S/C26H40BN3O4/c1-11-14-30(23(31)32-24(4,5)6)18(3)22-28-16-21(29-22)19-12-13-20(17(2)15-19)27-33-25(7,8)26(9,10)34-27/h12-13,15-16,18H,11,14H2,1-10H3,(H,28,29)/t18-/m0/s1. The number of carbonyl (C=O) groups excluding carboxylic acids is 1. The first-order chi connectivity index (χ1) is 15.6. The van der Waals surface area contributed by atoms with Crippen LogP contribution in [0.2, 0.25) is 0 Å². The van der Waals surface area contributed by atoms with Crippen LogP contribution in [0.15, 0.2) is 24.4 Å². The highest BCUT2D eigenvalue weighted by Crippen LogP contribution is 2.37. The Morgan fingerprint density at radius 2 is 1.82 bits per heavy atom. The van der Waals surface area contributed by atoms with Gasteiger partial charge in [0, 0.05) is 6.54 Å². The third-order valence-electron chi connectivity index (χ3n) is 6.64. The lowest BCUT2D eigenvalue weighted by Gasteiger charge is -2.32. The lowest BCUT2D eigenvalue weighted by molar-refractivity contribution is 0.00578. The maximum absolute atomic E-state index is 12.8. The van der Waals surface area contributed by atoms with Crippen molar-refractivity contribution >= 4 is 18.7 Å². The predicted octanol–water partition coefficient (Wildman–Crippen LogP) is 5.39. The maximum atomic E-state index is 12.8. The molecular formula is C26H40BN3O4. The molecule has 1 aromatic carbocycles. The fourth-order valence-corrected chi connectivity index (χ4v) is 3.93. The molecule has 1 saturated heterocycles. The van der Waals surface area contributed by atoms with Crippen molar-refractivity contribution in [3.05, 3.63) is 35.8 Å². The first-order valence-corrected chi connectivity index (χ1v) is 12.2. The minimum Gasteiger partial charge on any atom is -0.444 e. The number of aryl methyl sites for hydroxylation is 1. The van der Waals surface area contributed by atoms with E-state index in [9.17, 15) is 4.79 Å². The number of imidazole rings is 1. The maximum Gasteiger partial charge on any atom is 0.495 e. The SMILES string of the molecule is CCCN(C(=O)OC(C)(C)C)[C@@H](C)c1ncc(-c2ccc(B3OC(C)(C)C(C)(C)O3)c(C)c2)[nH]1. The summed E-state index contributed by atoms with van der Waals surface area (Å²) >= 11 is 0. The fourth-order valence-electron chi connectivity index (χ4n) is 3.93. The quantitative estimate of drug-likeness (QED) is 0.574. The topological polar surface area (TPSA) is 76.7 Å². The number of rotatable bonds is 6. The van der Waals surface area contributed by atoms with E-state index in [1.54, 1.807) is 4.90 Å². The van der Waals surface area contributed by atoms with E-state index in [-0.39, 0.29) is 23.3 Å². The molecule has 0 saturated carbocycles.